The summed E-state index contributed by atoms with van der Waals surface area (Å²) < 4.78 is 70.7. The summed E-state index contributed by atoms with van der Waals surface area (Å²) in [5.74, 6) is 0.588. The summed E-state index contributed by atoms with van der Waals surface area (Å²) >= 11 is 0. The van der Waals surface area contributed by atoms with E-state index in [4.69, 9.17) is 0 Å². The Morgan fingerprint density at radius 3 is 1.21 bits per heavy atom. The number of amides is 2. The van der Waals surface area contributed by atoms with Crippen molar-refractivity contribution in [1.29, 1.82) is 0 Å². The Labute approximate surface area is 535 Å². The standard InChI is InChI=1S/C26H23NO3S.C25H22N2O3S.C24H20N2O3S/c1-17-4-5-22(14-18(17)2)26(28)16-23-10-6-21-15-20(9-13-25(21)27-23)19-7-11-24(12-8-19)31(3,29)30;1-16-7-8-21(13-17(16)2)25(28)27-24-12-10-20-14-19(9-11-23(20)26-24)18-5-4-6-22(15-18)31(3,29)30;1-16-5-3-7-20(13-16)24(27)26-23-12-10-19-14-18(9-11-22(19)25-23)17-6-4-8-21(15-17)30(2,28)29/h4-15H,16H2,1-3H3;4-15H,1-3H3,(H,26,27,28);3-15H,1-2H3,(H,25,26,27). The number of carbonyl (C=O) groups excluding carboxylic acids is 3. The zero-order chi connectivity index (χ0) is 65.6. The van der Waals surface area contributed by atoms with Gasteiger partial charge in [0.1, 0.15) is 11.6 Å². The number of sulfone groups is 3. The molecule has 9 aromatic carbocycles. The van der Waals surface area contributed by atoms with E-state index in [1.54, 1.807) is 72.8 Å². The van der Waals surface area contributed by atoms with E-state index in [1.165, 1.54) is 24.3 Å². The van der Waals surface area contributed by atoms with E-state index < -0.39 is 29.5 Å². The number of nitrogens with zero attached hydrogens (tertiary/aromatic N) is 3. The van der Waals surface area contributed by atoms with E-state index in [1.807, 2.05) is 186 Å². The van der Waals surface area contributed by atoms with Crippen molar-refractivity contribution in [2.45, 2.75) is 55.7 Å². The van der Waals surface area contributed by atoms with Crippen LogP contribution in [-0.2, 0) is 35.9 Å². The van der Waals surface area contributed by atoms with E-state index in [9.17, 15) is 39.6 Å². The molecular weight excluding hydrogens is 1210 g/mol. The molecule has 0 aliphatic carbocycles. The minimum absolute atomic E-state index is 0.0533. The predicted molar refractivity (Wildman–Crippen MR) is 368 cm³/mol. The van der Waals surface area contributed by atoms with Crippen molar-refractivity contribution >= 4 is 91.5 Å². The number of anilines is 2. The molecule has 2 N–H and O–H groups in total. The Bertz CT molecular complexity index is 5250. The lowest BCUT2D eigenvalue weighted by Gasteiger charge is -2.09. The monoisotopic (exact) mass is 1280 g/mol. The van der Waals surface area contributed by atoms with E-state index in [0.29, 0.717) is 33.2 Å². The molecule has 12 aromatic rings. The van der Waals surface area contributed by atoms with Gasteiger partial charge in [-0.15, -0.1) is 0 Å². The zero-order valence-electron chi connectivity index (χ0n) is 51.8. The number of ketones is 1. The number of fused-ring (bicyclic) bond motifs is 3. The van der Waals surface area contributed by atoms with Crippen LogP contribution in [0.5, 0.6) is 0 Å². The first-order chi connectivity index (χ1) is 43.7. The topological polar surface area (TPSA) is 216 Å². The van der Waals surface area contributed by atoms with Gasteiger partial charge in [0.25, 0.3) is 11.8 Å². The summed E-state index contributed by atoms with van der Waals surface area (Å²) in [5, 5.41) is 8.44. The van der Waals surface area contributed by atoms with Crippen molar-refractivity contribution in [3.8, 4) is 33.4 Å². The number of Topliss-reactive ketones (excluding diaryl/α,β-unsaturated/α-hetero) is 1. The highest BCUT2D eigenvalue weighted by Gasteiger charge is 2.16. The third-order valence-corrected chi connectivity index (χ3v) is 19.0. The van der Waals surface area contributed by atoms with E-state index >= 15 is 0 Å². The molecule has 0 aliphatic rings. The average Bonchev–Trinajstić information content (AvgIpc) is 0.844. The SMILES string of the molecule is Cc1ccc(C(=O)Cc2ccc3cc(-c4ccc(S(C)(=O)=O)cc4)ccc3n2)cc1C.Cc1ccc(C(=O)Nc2ccc3cc(-c4cccc(S(C)(=O)=O)c4)ccc3n2)cc1C.Cc1cccc(C(=O)Nc2ccc3cc(-c4cccc(S(C)(=O)=O)c4)ccc3n2)c1. The van der Waals surface area contributed by atoms with Crippen LogP contribution in [0.4, 0.5) is 11.6 Å². The molecular formula is C75H65N5O9S3. The fourth-order valence-corrected chi connectivity index (χ4v) is 12.1. The average molecular weight is 1280 g/mol. The number of nitrogens with one attached hydrogen (secondary N) is 2. The molecule has 0 spiro atoms. The molecule has 3 heterocycles. The minimum Gasteiger partial charge on any atom is -0.307 e. The van der Waals surface area contributed by atoms with E-state index in [0.717, 1.165) is 94.0 Å². The van der Waals surface area contributed by atoms with Crippen LogP contribution in [-0.4, -0.2) is 76.6 Å². The lowest BCUT2D eigenvalue weighted by atomic mass is 10.0. The van der Waals surface area contributed by atoms with Gasteiger partial charge < -0.3 is 10.6 Å². The van der Waals surface area contributed by atoms with Gasteiger partial charge in [-0.2, -0.15) is 0 Å². The summed E-state index contributed by atoms with van der Waals surface area (Å²) in [5.41, 5.74) is 15.7. The quantitative estimate of drug-likeness (QED) is 0.103. The first-order valence-electron chi connectivity index (χ1n) is 29.2. The summed E-state index contributed by atoms with van der Waals surface area (Å²) in [6, 6.07) is 67.8. The molecule has 0 radical (unpaired) electrons. The van der Waals surface area contributed by atoms with Gasteiger partial charge in [0.15, 0.2) is 35.3 Å². The smallest absolute Gasteiger partial charge is 0.256 e. The van der Waals surface area contributed by atoms with Crippen LogP contribution in [0.15, 0.2) is 239 Å². The number of benzene rings is 9. The third-order valence-electron chi connectivity index (χ3n) is 15.6. The van der Waals surface area contributed by atoms with Gasteiger partial charge in [-0.1, -0.05) is 96.6 Å². The molecule has 14 nitrogen and oxygen atoms in total. The van der Waals surface area contributed by atoms with Crippen molar-refractivity contribution in [2.75, 3.05) is 29.4 Å². The minimum atomic E-state index is -3.27. The van der Waals surface area contributed by atoms with Crippen LogP contribution in [0.2, 0.25) is 0 Å². The largest absolute Gasteiger partial charge is 0.307 e. The highest BCUT2D eigenvalue weighted by molar-refractivity contribution is 7.91. The summed E-state index contributed by atoms with van der Waals surface area (Å²) in [6.45, 7) is 9.96. The van der Waals surface area contributed by atoms with Gasteiger partial charge in [-0.25, -0.2) is 35.2 Å². The predicted octanol–water partition coefficient (Wildman–Crippen LogP) is 15.4. The molecule has 0 fully saturated rings. The second kappa shape index (κ2) is 27.0. The molecule has 3 aromatic heterocycles. The van der Waals surface area contributed by atoms with E-state index in [2.05, 4.69) is 25.6 Å². The van der Waals surface area contributed by atoms with Gasteiger partial charge in [0.2, 0.25) is 0 Å². The van der Waals surface area contributed by atoms with Crippen molar-refractivity contribution in [1.82, 2.24) is 15.0 Å². The van der Waals surface area contributed by atoms with Crippen LogP contribution in [0.3, 0.4) is 0 Å². The normalized spacial score (nSPS) is 11.5. The van der Waals surface area contributed by atoms with Crippen LogP contribution >= 0.6 is 0 Å². The Hall–Kier alpha value is -10.3. The maximum atomic E-state index is 12.7. The van der Waals surface area contributed by atoms with Gasteiger partial charge in [0.05, 0.1) is 37.7 Å². The number of pyridine rings is 3. The maximum Gasteiger partial charge on any atom is 0.256 e. The lowest BCUT2D eigenvalue weighted by molar-refractivity contribution is 0.0988. The van der Waals surface area contributed by atoms with E-state index in [-0.39, 0.29) is 33.8 Å². The fourth-order valence-electron chi connectivity index (χ4n) is 10.1. The summed E-state index contributed by atoms with van der Waals surface area (Å²) in [7, 11) is -9.76. The van der Waals surface area contributed by atoms with Crippen LogP contribution in [0.25, 0.3) is 66.1 Å². The molecule has 0 unspecified atom stereocenters. The van der Waals surface area contributed by atoms with Crippen LogP contribution < -0.4 is 10.6 Å². The highest BCUT2D eigenvalue weighted by atomic mass is 32.2. The fraction of sp³-hybridized carbons (Fsp3) is 0.120. The summed E-state index contributed by atoms with van der Waals surface area (Å²) in [6.07, 6.45) is 3.85. The van der Waals surface area contributed by atoms with Crippen LogP contribution in [0.1, 0.15) is 64.6 Å². The number of hydrogen-bond acceptors (Lipinski definition) is 12. The van der Waals surface area contributed by atoms with Crippen molar-refractivity contribution in [3.05, 3.63) is 275 Å². The molecule has 92 heavy (non-hydrogen) atoms. The van der Waals surface area contributed by atoms with Crippen molar-refractivity contribution in [3.63, 3.8) is 0 Å². The Morgan fingerprint density at radius 1 is 0.337 bits per heavy atom. The molecule has 0 saturated carbocycles. The van der Waals surface area contributed by atoms with Gasteiger partial charge in [-0.3, -0.25) is 19.4 Å². The lowest BCUT2D eigenvalue weighted by Crippen LogP contribution is -2.13. The molecule has 12 rings (SSSR count). The Morgan fingerprint density at radius 2 is 0.739 bits per heavy atom. The Kier molecular flexibility index (Phi) is 19.0. The van der Waals surface area contributed by atoms with Gasteiger partial charge >= 0.3 is 0 Å². The van der Waals surface area contributed by atoms with Crippen molar-refractivity contribution in [2.24, 2.45) is 0 Å². The van der Waals surface area contributed by atoms with Crippen LogP contribution in [0, 0.1) is 34.6 Å². The Balaban J connectivity index is 0.000000151. The molecule has 17 heteroatoms. The molecule has 0 aliphatic heterocycles. The molecule has 0 bridgehead atoms. The number of aromatic nitrogens is 3. The third kappa shape index (κ3) is 16.0. The molecule has 0 saturated heterocycles. The number of carbonyl (C=O) groups is 3. The molecule has 0 atom stereocenters. The number of rotatable bonds is 13. The highest BCUT2D eigenvalue weighted by Crippen LogP contribution is 2.30. The first-order valence-corrected chi connectivity index (χ1v) is 34.9. The van der Waals surface area contributed by atoms with Crippen molar-refractivity contribution < 1.29 is 39.6 Å². The first kappa shape index (κ1) is 64.6. The summed E-state index contributed by atoms with van der Waals surface area (Å²) in [4.78, 5) is 52.3. The second-order valence-corrected chi connectivity index (χ2v) is 28.8. The van der Waals surface area contributed by atoms with Gasteiger partial charge in [0, 0.05) is 57.3 Å². The second-order valence-electron chi connectivity index (χ2n) is 22.8. The molecule has 462 valence electrons. The maximum absolute atomic E-state index is 12.7. The number of hydrogen-bond donors (Lipinski definition) is 2. The number of aryl methyl sites for hydroxylation is 5. The van der Waals surface area contributed by atoms with Gasteiger partial charge in [-0.05, 0) is 224 Å². The molecule has 2 amide bonds. The zero-order valence-corrected chi connectivity index (χ0v) is 54.3.